The van der Waals surface area contributed by atoms with Gasteiger partial charge in [0.05, 0.1) is 13.2 Å². The van der Waals surface area contributed by atoms with Crippen LogP contribution < -0.4 is 5.43 Å². The van der Waals surface area contributed by atoms with E-state index in [1.807, 2.05) is 6.07 Å². The first kappa shape index (κ1) is 12.5. The number of ether oxygens (including phenoxy) is 1. The molecule has 0 aromatic heterocycles. The second-order valence-electron chi connectivity index (χ2n) is 3.85. The molecule has 1 aromatic carbocycles. The van der Waals surface area contributed by atoms with Gasteiger partial charge in [-0.15, -0.1) is 0 Å². The van der Waals surface area contributed by atoms with Crippen LogP contribution in [0.2, 0.25) is 0 Å². The maximum absolute atomic E-state index is 12.0. The van der Waals surface area contributed by atoms with Crippen molar-refractivity contribution in [2.24, 2.45) is 5.16 Å². The molecule has 0 atom stereocenters. The van der Waals surface area contributed by atoms with Crippen molar-refractivity contribution in [1.82, 2.24) is 10.4 Å². The Kier molecular flexibility index (Phi) is 4.27. The monoisotopic (exact) mass is 249 g/mol. The van der Waals surface area contributed by atoms with E-state index >= 15 is 0 Å². The summed E-state index contributed by atoms with van der Waals surface area (Å²) in [6, 6.07) is 8.82. The highest BCUT2D eigenvalue weighted by Gasteiger charge is 2.18. The van der Waals surface area contributed by atoms with Crippen LogP contribution in [0.4, 0.5) is 0 Å². The predicted octanol–water partition coefficient (Wildman–Crippen LogP) is 0.228. The van der Waals surface area contributed by atoms with Crippen LogP contribution in [-0.2, 0) is 9.53 Å². The number of morpholine rings is 1. The van der Waals surface area contributed by atoms with Crippen molar-refractivity contribution in [3.63, 3.8) is 0 Å². The highest BCUT2D eigenvalue weighted by molar-refractivity contribution is 6.45. The highest BCUT2D eigenvalue weighted by Crippen LogP contribution is 2.02. The maximum atomic E-state index is 12.0. The van der Waals surface area contributed by atoms with Gasteiger partial charge in [-0.25, -0.2) is 5.01 Å². The standard InChI is InChI=1S/C12H15N3O3/c16-12(13-15-6-8-18-9-7-15)11(14-17)10-4-2-1-3-5-10/h1-5,17H,6-9H2,(H,13,16)/b14-11+. The number of benzene rings is 1. The second-order valence-corrected chi connectivity index (χ2v) is 3.85. The van der Waals surface area contributed by atoms with Gasteiger partial charge in [0.25, 0.3) is 5.91 Å². The topological polar surface area (TPSA) is 74.2 Å². The van der Waals surface area contributed by atoms with Gasteiger partial charge in [-0.2, -0.15) is 0 Å². The maximum Gasteiger partial charge on any atom is 0.288 e. The van der Waals surface area contributed by atoms with E-state index in [1.54, 1.807) is 29.3 Å². The Hall–Kier alpha value is -1.92. The summed E-state index contributed by atoms with van der Waals surface area (Å²) in [5, 5.41) is 13.8. The fraction of sp³-hybridized carbons (Fsp3) is 0.333. The van der Waals surface area contributed by atoms with Crippen molar-refractivity contribution in [3.8, 4) is 0 Å². The molecule has 1 aliphatic rings. The van der Waals surface area contributed by atoms with E-state index in [-0.39, 0.29) is 5.71 Å². The first-order valence-electron chi connectivity index (χ1n) is 5.72. The number of rotatable bonds is 3. The van der Waals surface area contributed by atoms with Crippen molar-refractivity contribution < 1.29 is 14.7 Å². The lowest BCUT2D eigenvalue weighted by atomic mass is 10.1. The number of oxime groups is 1. The molecule has 1 aromatic rings. The smallest absolute Gasteiger partial charge is 0.288 e. The molecule has 6 nitrogen and oxygen atoms in total. The molecule has 1 fully saturated rings. The Morgan fingerprint density at radius 2 is 1.94 bits per heavy atom. The van der Waals surface area contributed by atoms with Gasteiger partial charge in [0.1, 0.15) is 0 Å². The van der Waals surface area contributed by atoms with Gasteiger partial charge in [-0.1, -0.05) is 35.5 Å². The van der Waals surface area contributed by atoms with Crippen molar-refractivity contribution in [3.05, 3.63) is 35.9 Å². The molecule has 0 saturated carbocycles. The average Bonchev–Trinajstić information content (AvgIpc) is 2.42. The third-order valence-corrected chi connectivity index (χ3v) is 2.63. The van der Waals surface area contributed by atoms with Crippen LogP contribution in [0.5, 0.6) is 0 Å². The van der Waals surface area contributed by atoms with Crippen LogP contribution in [0.15, 0.2) is 35.5 Å². The number of nitrogens with zero attached hydrogens (tertiary/aromatic N) is 2. The Labute approximate surface area is 105 Å². The summed E-state index contributed by atoms with van der Waals surface area (Å²) in [6.07, 6.45) is 0. The lowest BCUT2D eigenvalue weighted by Crippen LogP contribution is -2.50. The molecule has 0 bridgehead atoms. The minimum Gasteiger partial charge on any atom is -0.410 e. The van der Waals surface area contributed by atoms with Crippen LogP contribution >= 0.6 is 0 Å². The lowest BCUT2D eigenvalue weighted by molar-refractivity contribution is -0.121. The highest BCUT2D eigenvalue weighted by atomic mass is 16.5. The summed E-state index contributed by atoms with van der Waals surface area (Å²) < 4.78 is 5.18. The van der Waals surface area contributed by atoms with E-state index in [1.165, 1.54) is 0 Å². The van der Waals surface area contributed by atoms with Crippen LogP contribution in [0.25, 0.3) is 0 Å². The fourth-order valence-corrected chi connectivity index (χ4v) is 1.70. The number of carbonyl (C=O) groups excluding carboxylic acids is 1. The van der Waals surface area contributed by atoms with E-state index in [4.69, 9.17) is 9.94 Å². The Bertz CT molecular complexity index is 427. The van der Waals surface area contributed by atoms with Crippen LogP contribution in [-0.4, -0.2) is 48.1 Å². The molecule has 6 heteroatoms. The quantitative estimate of drug-likeness (QED) is 0.457. The summed E-state index contributed by atoms with van der Waals surface area (Å²) in [4.78, 5) is 12.0. The third kappa shape index (κ3) is 3.06. The number of nitrogens with one attached hydrogen (secondary N) is 1. The van der Waals surface area contributed by atoms with Gasteiger partial charge in [-0.05, 0) is 0 Å². The molecule has 0 unspecified atom stereocenters. The molecule has 1 heterocycles. The number of hydrogen-bond donors (Lipinski definition) is 2. The predicted molar refractivity (Wildman–Crippen MR) is 65.3 cm³/mol. The molecular formula is C12H15N3O3. The lowest BCUT2D eigenvalue weighted by Gasteiger charge is -2.26. The number of amides is 1. The SMILES string of the molecule is O=C(NN1CCOCC1)/C(=N/O)c1ccccc1. The van der Waals surface area contributed by atoms with Crippen molar-refractivity contribution in [2.45, 2.75) is 0 Å². The molecule has 2 N–H and O–H groups in total. The van der Waals surface area contributed by atoms with E-state index < -0.39 is 5.91 Å². The van der Waals surface area contributed by atoms with Crippen LogP contribution in [0.3, 0.4) is 0 Å². The van der Waals surface area contributed by atoms with Crippen molar-refractivity contribution >= 4 is 11.6 Å². The van der Waals surface area contributed by atoms with Gasteiger partial charge < -0.3 is 9.94 Å². The van der Waals surface area contributed by atoms with E-state index in [2.05, 4.69) is 10.6 Å². The number of carbonyl (C=O) groups is 1. The minimum absolute atomic E-state index is 0.00194. The van der Waals surface area contributed by atoms with Gasteiger partial charge >= 0.3 is 0 Å². The molecule has 18 heavy (non-hydrogen) atoms. The third-order valence-electron chi connectivity index (χ3n) is 2.63. The molecule has 2 rings (SSSR count). The van der Waals surface area contributed by atoms with Gasteiger partial charge in [0.2, 0.25) is 0 Å². The van der Waals surface area contributed by atoms with E-state index in [9.17, 15) is 4.79 Å². The number of hydrazine groups is 1. The summed E-state index contributed by atoms with van der Waals surface area (Å²) in [5.41, 5.74) is 3.27. The zero-order valence-electron chi connectivity index (χ0n) is 9.87. The molecule has 0 radical (unpaired) electrons. The summed E-state index contributed by atoms with van der Waals surface area (Å²) in [6.45, 7) is 2.41. The van der Waals surface area contributed by atoms with Crippen LogP contribution in [0.1, 0.15) is 5.56 Å². The van der Waals surface area contributed by atoms with Gasteiger partial charge in [0, 0.05) is 18.7 Å². The van der Waals surface area contributed by atoms with Crippen molar-refractivity contribution in [1.29, 1.82) is 0 Å². The second kappa shape index (κ2) is 6.13. The summed E-state index contributed by atoms with van der Waals surface area (Å²) >= 11 is 0. The molecule has 1 aliphatic heterocycles. The Balaban J connectivity index is 2.02. The first-order valence-corrected chi connectivity index (χ1v) is 5.72. The zero-order valence-corrected chi connectivity index (χ0v) is 9.87. The van der Waals surface area contributed by atoms with Crippen LogP contribution in [0, 0.1) is 0 Å². The Morgan fingerprint density at radius 3 is 2.56 bits per heavy atom. The first-order chi connectivity index (χ1) is 8.81. The molecule has 0 spiro atoms. The molecule has 0 aliphatic carbocycles. The zero-order chi connectivity index (χ0) is 12.8. The summed E-state index contributed by atoms with van der Waals surface area (Å²) in [7, 11) is 0. The molecule has 96 valence electrons. The Morgan fingerprint density at radius 1 is 1.28 bits per heavy atom. The minimum atomic E-state index is -0.425. The van der Waals surface area contributed by atoms with Gasteiger partial charge in [-0.3, -0.25) is 10.2 Å². The molecular weight excluding hydrogens is 234 g/mol. The van der Waals surface area contributed by atoms with Gasteiger partial charge in [0.15, 0.2) is 5.71 Å². The fourth-order valence-electron chi connectivity index (χ4n) is 1.70. The normalized spacial score (nSPS) is 17.4. The van der Waals surface area contributed by atoms with E-state index in [0.717, 1.165) is 0 Å². The molecule has 1 saturated heterocycles. The number of hydrogen-bond acceptors (Lipinski definition) is 5. The largest absolute Gasteiger partial charge is 0.410 e. The van der Waals surface area contributed by atoms with Crippen molar-refractivity contribution in [2.75, 3.05) is 26.3 Å². The van der Waals surface area contributed by atoms with E-state index in [0.29, 0.717) is 31.9 Å². The summed E-state index contributed by atoms with van der Waals surface area (Å²) in [5.74, 6) is -0.425. The average molecular weight is 249 g/mol. The molecule has 1 amide bonds.